The van der Waals surface area contributed by atoms with Gasteiger partial charge in [0.05, 0.1) is 6.54 Å². The highest BCUT2D eigenvalue weighted by molar-refractivity contribution is 6.35. The van der Waals surface area contributed by atoms with Gasteiger partial charge in [-0.2, -0.15) is 0 Å². The molecule has 2 aliphatic rings. The van der Waals surface area contributed by atoms with Gasteiger partial charge in [-0.05, 0) is 26.0 Å². The number of amides is 3. The quantitative estimate of drug-likeness (QED) is 0.719. The molecule has 3 heterocycles. The summed E-state index contributed by atoms with van der Waals surface area (Å²) in [4.78, 5) is 32.2. The Kier molecular flexibility index (Phi) is 4.05. The van der Waals surface area contributed by atoms with Gasteiger partial charge in [-0.25, -0.2) is 13.9 Å². The SMILES string of the molecule is Cc1c(C)[n+](Cc2c(Cl)cccc2Cl)c2n1C1C(=O)N(C)C(=O)N(C)C1=N2. The highest BCUT2D eigenvalue weighted by atomic mass is 35.5. The van der Waals surface area contributed by atoms with Gasteiger partial charge in [0.15, 0.2) is 0 Å². The van der Waals surface area contributed by atoms with Crippen LogP contribution in [0, 0.1) is 13.8 Å². The van der Waals surface area contributed by atoms with E-state index in [9.17, 15) is 9.59 Å². The molecule has 0 bridgehead atoms. The Balaban J connectivity index is 1.88. The number of rotatable bonds is 2. The number of aromatic nitrogens is 2. The molecule has 0 radical (unpaired) electrons. The summed E-state index contributed by atoms with van der Waals surface area (Å²) in [6.07, 6.45) is 0. The Morgan fingerprint density at radius 2 is 1.74 bits per heavy atom. The van der Waals surface area contributed by atoms with E-state index < -0.39 is 12.1 Å². The third-order valence-corrected chi connectivity index (χ3v) is 6.03. The maximum Gasteiger partial charge on any atom is 0.402 e. The molecule has 1 atom stereocenters. The van der Waals surface area contributed by atoms with Crippen molar-refractivity contribution in [2.75, 3.05) is 14.1 Å². The smallest absolute Gasteiger partial charge is 0.270 e. The fourth-order valence-corrected chi connectivity index (χ4v) is 4.13. The molecular weight excluding hydrogens is 389 g/mol. The first-order valence-corrected chi connectivity index (χ1v) is 9.17. The van der Waals surface area contributed by atoms with Crippen LogP contribution in [-0.2, 0) is 11.3 Å². The Morgan fingerprint density at radius 3 is 2.37 bits per heavy atom. The summed E-state index contributed by atoms with van der Waals surface area (Å²) >= 11 is 12.7. The predicted molar refractivity (Wildman–Crippen MR) is 102 cm³/mol. The summed E-state index contributed by atoms with van der Waals surface area (Å²) in [7, 11) is 3.11. The molecule has 1 fully saturated rings. The van der Waals surface area contributed by atoms with Crippen molar-refractivity contribution < 1.29 is 14.2 Å². The Bertz CT molecular complexity index is 1020. The molecule has 0 saturated carbocycles. The molecule has 140 valence electrons. The lowest BCUT2D eigenvalue weighted by molar-refractivity contribution is -0.680. The molecule has 1 saturated heterocycles. The Labute approximate surface area is 166 Å². The molecule has 27 heavy (non-hydrogen) atoms. The monoisotopic (exact) mass is 406 g/mol. The minimum absolute atomic E-state index is 0.295. The number of aliphatic imine (C=N–C) groups is 1. The second-order valence-electron chi connectivity index (χ2n) is 6.74. The minimum atomic E-state index is -0.644. The molecule has 4 rings (SSSR count). The van der Waals surface area contributed by atoms with Gasteiger partial charge in [-0.15, -0.1) is 0 Å². The van der Waals surface area contributed by atoms with Gasteiger partial charge >= 0.3 is 12.0 Å². The van der Waals surface area contributed by atoms with Crippen LogP contribution in [0.1, 0.15) is 23.0 Å². The van der Waals surface area contributed by atoms with Gasteiger partial charge in [0, 0.05) is 29.7 Å². The number of imidazole rings is 1. The number of likely N-dealkylation sites (N-methyl/N-ethyl adjacent to an activating group) is 2. The van der Waals surface area contributed by atoms with E-state index in [0.29, 0.717) is 28.4 Å². The van der Waals surface area contributed by atoms with Crippen LogP contribution in [0.4, 0.5) is 10.7 Å². The number of imide groups is 1. The molecule has 9 heteroatoms. The van der Waals surface area contributed by atoms with Crippen molar-refractivity contribution >= 4 is 46.9 Å². The summed E-state index contributed by atoms with van der Waals surface area (Å²) in [5.74, 6) is 0.737. The molecule has 7 nitrogen and oxygen atoms in total. The van der Waals surface area contributed by atoms with Crippen LogP contribution in [0.3, 0.4) is 0 Å². The van der Waals surface area contributed by atoms with Crippen LogP contribution in [0.25, 0.3) is 0 Å². The number of benzene rings is 1. The number of hydrogen-bond acceptors (Lipinski definition) is 3. The Hall–Kier alpha value is -2.38. The summed E-state index contributed by atoms with van der Waals surface area (Å²) in [6.45, 7) is 4.32. The second-order valence-corrected chi connectivity index (χ2v) is 7.55. The number of halogens is 2. The van der Waals surface area contributed by atoms with E-state index in [2.05, 4.69) is 4.99 Å². The first kappa shape index (κ1) is 18.0. The van der Waals surface area contributed by atoms with Crippen molar-refractivity contribution in [3.8, 4) is 0 Å². The van der Waals surface area contributed by atoms with E-state index >= 15 is 0 Å². The van der Waals surface area contributed by atoms with E-state index in [1.165, 1.54) is 11.9 Å². The van der Waals surface area contributed by atoms with Crippen LogP contribution in [0.15, 0.2) is 23.2 Å². The predicted octanol–water partition coefficient (Wildman–Crippen LogP) is 2.86. The first-order valence-electron chi connectivity index (χ1n) is 8.42. The highest BCUT2D eigenvalue weighted by Crippen LogP contribution is 2.35. The summed E-state index contributed by atoms with van der Waals surface area (Å²) in [5, 5.41) is 1.14. The maximum atomic E-state index is 12.8. The lowest BCUT2D eigenvalue weighted by Gasteiger charge is -2.30. The van der Waals surface area contributed by atoms with E-state index in [-0.39, 0.29) is 5.91 Å². The lowest BCUT2D eigenvalue weighted by Crippen LogP contribution is -2.56. The van der Waals surface area contributed by atoms with Crippen LogP contribution in [0.5, 0.6) is 0 Å². The highest BCUT2D eigenvalue weighted by Gasteiger charge is 2.53. The zero-order valence-corrected chi connectivity index (χ0v) is 16.8. The van der Waals surface area contributed by atoms with Crippen molar-refractivity contribution in [1.82, 2.24) is 14.4 Å². The number of fused-ring (bicyclic) bond motifs is 3. The fourth-order valence-electron chi connectivity index (χ4n) is 3.61. The van der Waals surface area contributed by atoms with Crippen molar-refractivity contribution in [3.05, 3.63) is 45.2 Å². The number of carbonyl (C=O) groups is 2. The average Bonchev–Trinajstić information content (AvgIpc) is 3.12. The third kappa shape index (κ3) is 2.41. The lowest BCUT2D eigenvalue weighted by atomic mass is 10.1. The van der Waals surface area contributed by atoms with Crippen LogP contribution in [0.2, 0.25) is 10.0 Å². The largest absolute Gasteiger partial charge is 0.402 e. The zero-order valence-electron chi connectivity index (χ0n) is 15.3. The minimum Gasteiger partial charge on any atom is -0.270 e. The van der Waals surface area contributed by atoms with Crippen molar-refractivity contribution in [2.45, 2.75) is 26.4 Å². The van der Waals surface area contributed by atoms with E-state index in [1.54, 1.807) is 25.2 Å². The maximum absolute atomic E-state index is 12.8. The van der Waals surface area contributed by atoms with Gasteiger partial charge < -0.3 is 0 Å². The molecule has 1 aromatic carbocycles. The molecule has 1 unspecified atom stereocenters. The number of nitrogens with zero attached hydrogens (tertiary/aromatic N) is 5. The van der Waals surface area contributed by atoms with Gasteiger partial charge in [0.25, 0.3) is 5.91 Å². The number of urea groups is 1. The fraction of sp³-hybridized carbons (Fsp3) is 0.333. The number of carbonyl (C=O) groups excluding carboxylic acids is 2. The second kappa shape index (κ2) is 6.07. The summed E-state index contributed by atoms with van der Waals surface area (Å²) in [6, 6.07) is 4.34. The van der Waals surface area contributed by atoms with E-state index in [4.69, 9.17) is 23.2 Å². The number of hydrogen-bond donors (Lipinski definition) is 0. The van der Waals surface area contributed by atoms with Gasteiger partial charge in [0.2, 0.25) is 11.9 Å². The summed E-state index contributed by atoms with van der Waals surface area (Å²) in [5.41, 5.74) is 2.64. The topological polar surface area (TPSA) is 61.8 Å². The first-order chi connectivity index (χ1) is 12.7. The van der Waals surface area contributed by atoms with Crippen molar-refractivity contribution in [1.29, 1.82) is 0 Å². The molecule has 0 aliphatic carbocycles. The van der Waals surface area contributed by atoms with Gasteiger partial charge in [-0.3, -0.25) is 14.6 Å². The standard InChI is InChI=1S/C18H18Cl2N5O2/c1-9-10(2)25-14-15(22(3)18(27)23(4)16(14)26)21-17(25)24(9)8-11-12(19)6-5-7-13(11)20/h5-7,14H,8H2,1-4H3/q+1. The molecular formula is C18H18Cl2N5O2+. The van der Waals surface area contributed by atoms with Crippen LogP contribution < -0.4 is 4.57 Å². The average molecular weight is 407 g/mol. The van der Waals surface area contributed by atoms with E-state index in [0.717, 1.165) is 21.9 Å². The molecule has 3 amide bonds. The van der Waals surface area contributed by atoms with Gasteiger partial charge in [-0.1, -0.05) is 34.3 Å². The normalized spacial score (nSPS) is 18.7. The molecule has 0 N–H and O–H groups in total. The molecule has 1 aromatic heterocycles. The molecule has 2 aromatic rings. The third-order valence-electron chi connectivity index (χ3n) is 5.32. The summed E-state index contributed by atoms with van der Waals surface area (Å²) < 4.78 is 3.84. The van der Waals surface area contributed by atoms with Crippen molar-refractivity contribution in [2.24, 2.45) is 4.99 Å². The molecule has 2 aliphatic heterocycles. The molecule has 0 spiro atoms. The Morgan fingerprint density at radius 1 is 1.11 bits per heavy atom. The van der Waals surface area contributed by atoms with E-state index in [1.807, 2.05) is 23.0 Å². The number of amidine groups is 1. The van der Waals surface area contributed by atoms with Crippen LogP contribution >= 0.6 is 23.2 Å². The van der Waals surface area contributed by atoms with Crippen molar-refractivity contribution in [3.63, 3.8) is 0 Å². The van der Waals surface area contributed by atoms with Crippen LogP contribution in [-0.4, -0.2) is 46.2 Å². The van der Waals surface area contributed by atoms with Gasteiger partial charge in [0.1, 0.15) is 11.4 Å². The zero-order chi connectivity index (χ0) is 19.6.